The van der Waals surface area contributed by atoms with E-state index in [0.29, 0.717) is 17.6 Å². The van der Waals surface area contributed by atoms with Crippen molar-refractivity contribution in [2.24, 2.45) is 0 Å². The average Bonchev–Trinajstić information content (AvgIpc) is 2.51. The van der Waals surface area contributed by atoms with Gasteiger partial charge in [-0.2, -0.15) is 0 Å². The summed E-state index contributed by atoms with van der Waals surface area (Å²) >= 11 is 3.14. The second kappa shape index (κ2) is 7.43. The minimum atomic E-state index is -0.253. The first kappa shape index (κ1) is 15.8. The lowest BCUT2D eigenvalue weighted by atomic mass is 10.1. The molecular formula is C16H17BrFNO2. The van der Waals surface area contributed by atoms with Crippen LogP contribution < -0.4 is 14.8 Å². The smallest absolute Gasteiger partial charge is 0.137 e. The average molecular weight is 354 g/mol. The lowest BCUT2D eigenvalue weighted by Crippen LogP contribution is -2.13. The first-order valence-corrected chi connectivity index (χ1v) is 7.29. The van der Waals surface area contributed by atoms with Crippen molar-refractivity contribution >= 4 is 15.9 Å². The molecule has 0 saturated carbocycles. The normalized spacial score (nSPS) is 10.5. The fourth-order valence-corrected chi connectivity index (χ4v) is 2.24. The topological polar surface area (TPSA) is 30.5 Å². The van der Waals surface area contributed by atoms with Crippen molar-refractivity contribution in [1.82, 2.24) is 5.32 Å². The van der Waals surface area contributed by atoms with Gasteiger partial charge in [0, 0.05) is 24.7 Å². The molecule has 0 unspecified atom stereocenters. The van der Waals surface area contributed by atoms with Gasteiger partial charge in [-0.05, 0) is 39.7 Å². The first-order chi connectivity index (χ1) is 10.1. The van der Waals surface area contributed by atoms with E-state index in [1.807, 2.05) is 24.3 Å². The van der Waals surface area contributed by atoms with Gasteiger partial charge in [0.1, 0.15) is 17.3 Å². The molecule has 0 saturated heterocycles. The van der Waals surface area contributed by atoms with E-state index in [1.165, 1.54) is 6.07 Å². The molecule has 21 heavy (non-hydrogen) atoms. The molecule has 112 valence electrons. The number of nitrogens with one attached hydrogen (secondary N) is 1. The second-order valence-electron chi connectivity index (χ2n) is 4.53. The Morgan fingerprint density at radius 3 is 2.52 bits per heavy atom. The van der Waals surface area contributed by atoms with E-state index in [-0.39, 0.29) is 5.82 Å². The van der Waals surface area contributed by atoms with Gasteiger partial charge in [-0.25, -0.2) is 4.39 Å². The molecule has 0 fully saturated rings. The number of hydrogen-bond acceptors (Lipinski definition) is 3. The zero-order valence-electron chi connectivity index (χ0n) is 12.0. The third-order valence-corrected chi connectivity index (χ3v) is 3.77. The molecule has 0 aliphatic rings. The number of benzene rings is 2. The minimum absolute atomic E-state index is 0.253. The van der Waals surface area contributed by atoms with Crippen LogP contribution in [-0.2, 0) is 13.1 Å². The summed E-state index contributed by atoms with van der Waals surface area (Å²) in [4.78, 5) is 0. The molecule has 3 nitrogen and oxygen atoms in total. The van der Waals surface area contributed by atoms with E-state index in [9.17, 15) is 4.39 Å². The Bertz CT molecular complexity index is 619. The van der Waals surface area contributed by atoms with Crippen LogP contribution >= 0.6 is 15.9 Å². The number of ether oxygens (including phenoxy) is 2. The van der Waals surface area contributed by atoms with Crippen LogP contribution in [-0.4, -0.2) is 14.2 Å². The van der Waals surface area contributed by atoms with Crippen LogP contribution in [0.25, 0.3) is 0 Å². The van der Waals surface area contributed by atoms with E-state index in [0.717, 1.165) is 22.6 Å². The summed E-state index contributed by atoms with van der Waals surface area (Å²) in [6.45, 7) is 1.21. The van der Waals surface area contributed by atoms with Gasteiger partial charge in [0.2, 0.25) is 0 Å². The van der Waals surface area contributed by atoms with Crippen LogP contribution in [0.5, 0.6) is 11.5 Å². The molecular weight excluding hydrogens is 337 g/mol. The molecule has 0 radical (unpaired) electrons. The van der Waals surface area contributed by atoms with Crippen LogP contribution in [0, 0.1) is 5.82 Å². The van der Waals surface area contributed by atoms with Crippen molar-refractivity contribution in [1.29, 1.82) is 0 Å². The number of halogens is 2. The fraction of sp³-hybridized carbons (Fsp3) is 0.250. The molecule has 2 aromatic carbocycles. The SMILES string of the molecule is COc1ccc(CNCc2ccc(Br)c(F)c2)c(OC)c1. The minimum Gasteiger partial charge on any atom is -0.497 e. The zero-order valence-corrected chi connectivity index (χ0v) is 13.5. The zero-order chi connectivity index (χ0) is 15.2. The summed E-state index contributed by atoms with van der Waals surface area (Å²) in [5, 5.41) is 3.27. The third kappa shape index (κ3) is 4.19. The van der Waals surface area contributed by atoms with Crippen molar-refractivity contribution in [3.05, 3.63) is 57.8 Å². The van der Waals surface area contributed by atoms with Gasteiger partial charge >= 0.3 is 0 Å². The molecule has 0 heterocycles. The van der Waals surface area contributed by atoms with Gasteiger partial charge in [-0.3, -0.25) is 0 Å². The lowest BCUT2D eigenvalue weighted by Gasteiger charge is -2.11. The Hall–Kier alpha value is -1.59. The second-order valence-corrected chi connectivity index (χ2v) is 5.38. The van der Waals surface area contributed by atoms with Gasteiger partial charge in [0.05, 0.1) is 18.7 Å². The highest BCUT2D eigenvalue weighted by Gasteiger charge is 2.05. The highest BCUT2D eigenvalue weighted by atomic mass is 79.9. The maximum absolute atomic E-state index is 13.4. The van der Waals surface area contributed by atoms with Crippen molar-refractivity contribution in [3.8, 4) is 11.5 Å². The van der Waals surface area contributed by atoms with Gasteiger partial charge < -0.3 is 14.8 Å². The number of methoxy groups -OCH3 is 2. The maximum Gasteiger partial charge on any atom is 0.137 e. The quantitative estimate of drug-likeness (QED) is 0.854. The molecule has 1 N–H and O–H groups in total. The Kier molecular flexibility index (Phi) is 5.59. The summed E-state index contributed by atoms with van der Waals surface area (Å²) in [5.74, 6) is 1.27. The van der Waals surface area contributed by atoms with Crippen LogP contribution in [0.3, 0.4) is 0 Å². The number of hydrogen-bond donors (Lipinski definition) is 1. The molecule has 0 spiro atoms. The maximum atomic E-state index is 13.4. The molecule has 0 amide bonds. The summed E-state index contributed by atoms with van der Waals surface area (Å²) in [6, 6.07) is 10.8. The van der Waals surface area contributed by atoms with Crippen LogP contribution in [0.15, 0.2) is 40.9 Å². The first-order valence-electron chi connectivity index (χ1n) is 6.49. The molecule has 0 aliphatic heterocycles. The summed E-state index contributed by atoms with van der Waals surface area (Å²) in [6.07, 6.45) is 0. The van der Waals surface area contributed by atoms with E-state index in [2.05, 4.69) is 21.2 Å². The molecule has 2 rings (SSSR count). The van der Waals surface area contributed by atoms with Crippen LogP contribution in [0.2, 0.25) is 0 Å². The largest absolute Gasteiger partial charge is 0.497 e. The van der Waals surface area contributed by atoms with Crippen molar-refractivity contribution in [3.63, 3.8) is 0 Å². The molecule has 0 bridgehead atoms. The van der Waals surface area contributed by atoms with Gasteiger partial charge in [-0.15, -0.1) is 0 Å². The van der Waals surface area contributed by atoms with Crippen molar-refractivity contribution in [2.45, 2.75) is 13.1 Å². The highest BCUT2D eigenvalue weighted by Crippen LogP contribution is 2.24. The Labute approximate surface area is 132 Å². The van der Waals surface area contributed by atoms with Crippen LogP contribution in [0.4, 0.5) is 4.39 Å². The third-order valence-electron chi connectivity index (χ3n) is 3.12. The molecule has 0 aliphatic carbocycles. The lowest BCUT2D eigenvalue weighted by molar-refractivity contribution is 0.390. The highest BCUT2D eigenvalue weighted by molar-refractivity contribution is 9.10. The summed E-state index contributed by atoms with van der Waals surface area (Å²) in [5.41, 5.74) is 1.92. The van der Waals surface area contributed by atoms with Crippen LogP contribution in [0.1, 0.15) is 11.1 Å². The molecule has 2 aromatic rings. The van der Waals surface area contributed by atoms with E-state index in [4.69, 9.17) is 9.47 Å². The predicted molar refractivity (Wildman–Crippen MR) is 84.2 cm³/mol. The standard InChI is InChI=1S/C16H17BrFNO2/c1-20-13-5-4-12(16(8-13)21-2)10-19-9-11-3-6-14(17)15(18)7-11/h3-8,19H,9-10H2,1-2H3. The van der Waals surface area contributed by atoms with Crippen molar-refractivity contribution in [2.75, 3.05) is 14.2 Å². The number of rotatable bonds is 6. The fourth-order valence-electron chi connectivity index (χ4n) is 1.99. The van der Waals surface area contributed by atoms with Gasteiger partial charge in [0.25, 0.3) is 0 Å². The molecule has 0 atom stereocenters. The molecule has 0 aromatic heterocycles. The summed E-state index contributed by atoms with van der Waals surface area (Å²) < 4.78 is 24.4. The Morgan fingerprint density at radius 2 is 1.86 bits per heavy atom. The van der Waals surface area contributed by atoms with Gasteiger partial charge in [0.15, 0.2) is 0 Å². The van der Waals surface area contributed by atoms with E-state index >= 15 is 0 Å². The predicted octanol–water partition coefficient (Wildman–Crippen LogP) is 3.90. The van der Waals surface area contributed by atoms with Gasteiger partial charge in [-0.1, -0.05) is 12.1 Å². The summed E-state index contributed by atoms with van der Waals surface area (Å²) in [7, 11) is 3.25. The Morgan fingerprint density at radius 1 is 1.05 bits per heavy atom. The van der Waals surface area contributed by atoms with Crippen molar-refractivity contribution < 1.29 is 13.9 Å². The Balaban J connectivity index is 1.98. The molecule has 5 heteroatoms. The monoisotopic (exact) mass is 353 g/mol. The van der Waals surface area contributed by atoms with E-state index in [1.54, 1.807) is 20.3 Å². The van der Waals surface area contributed by atoms with E-state index < -0.39 is 0 Å².